The summed E-state index contributed by atoms with van der Waals surface area (Å²) in [6.07, 6.45) is 5.41. The highest BCUT2D eigenvalue weighted by Gasteiger charge is 2.19. The molecule has 0 radical (unpaired) electrons. The molecule has 0 amide bonds. The van der Waals surface area contributed by atoms with Crippen LogP contribution >= 0.6 is 34.8 Å². The predicted octanol–water partition coefficient (Wildman–Crippen LogP) is 4.93. The van der Waals surface area contributed by atoms with Gasteiger partial charge in [-0.1, -0.05) is 47.6 Å². The normalized spacial score (nSPS) is 15.2. The molecule has 1 aromatic carbocycles. The maximum atomic E-state index is 6.12. The van der Waals surface area contributed by atoms with E-state index in [1.807, 2.05) is 0 Å². The van der Waals surface area contributed by atoms with Gasteiger partial charge in [-0.3, -0.25) is 0 Å². The molecule has 1 nitrogen and oxygen atoms in total. The highest BCUT2D eigenvalue weighted by Crippen LogP contribution is 2.33. The fourth-order valence-corrected chi connectivity index (χ4v) is 2.55. The highest BCUT2D eigenvalue weighted by molar-refractivity contribution is 6.44. The summed E-state index contributed by atoms with van der Waals surface area (Å²) in [6, 6.07) is 3.51. The number of halogens is 3. The largest absolute Gasteiger partial charge is 0.313 e. The fraction of sp³-hybridized carbons (Fsp3) is 0.538. The average molecular weight is 293 g/mol. The van der Waals surface area contributed by atoms with Gasteiger partial charge in [0.25, 0.3) is 0 Å². The maximum absolute atomic E-state index is 6.12. The van der Waals surface area contributed by atoms with Crippen molar-refractivity contribution in [3.8, 4) is 0 Å². The van der Waals surface area contributed by atoms with E-state index in [2.05, 4.69) is 5.32 Å². The molecule has 4 heteroatoms. The first-order chi connectivity index (χ1) is 8.18. The van der Waals surface area contributed by atoms with Crippen LogP contribution in [0.3, 0.4) is 0 Å². The van der Waals surface area contributed by atoms with Gasteiger partial charge in [-0.2, -0.15) is 0 Å². The second-order valence-electron chi connectivity index (χ2n) is 4.58. The number of hydrogen-bond acceptors (Lipinski definition) is 1. The number of hydrogen-bond donors (Lipinski definition) is 1. The Bertz CT molecular complexity index is 388. The van der Waals surface area contributed by atoms with Gasteiger partial charge >= 0.3 is 0 Å². The molecule has 1 aliphatic carbocycles. The average Bonchev–Trinajstić information content (AvgIpc) is 3.11. The molecule has 0 spiro atoms. The summed E-state index contributed by atoms with van der Waals surface area (Å²) in [5.41, 5.74) is 0.896. The molecule has 0 atom stereocenters. The minimum atomic E-state index is 0.561. The lowest BCUT2D eigenvalue weighted by Crippen LogP contribution is -2.15. The summed E-state index contributed by atoms with van der Waals surface area (Å²) < 4.78 is 0. The van der Waals surface area contributed by atoms with Crippen LogP contribution in [0.2, 0.25) is 15.1 Å². The van der Waals surface area contributed by atoms with E-state index in [-0.39, 0.29) is 0 Å². The van der Waals surface area contributed by atoms with Crippen LogP contribution in [0.4, 0.5) is 0 Å². The van der Waals surface area contributed by atoms with Crippen LogP contribution in [0, 0.1) is 5.92 Å². The SMILES string of the molecule is Clc1ccc(Cl)c(CNCCCC2CC2)c1Cl. The second kappa shape index (κ2) is 6.29. The smallest absolute Gasteiger partial charge is 0.0652 e. The molecule has 1 fully saturated rings. The van der Waals surface area contributed by atoms with Crippen LogP contribution in [0.5, 0.6) is 0 Å². The van der Waals surface area contributed by atoms with E-state index in [4.69, 9.17) is 34.8 Å². The Morgan fingerprint density at radius 1 is 1.12 bits per heavy atom. The molecule has 94 valence electrons. The third-order valence-corrected chi connectivity index (χ3v) is 4.30. The van der Waals surface area contributed by atoms with Gasteiger partial charge in [-0.15, -0.1) is 0 Å². The Morgan fingerprint density at radius 3 is 2.53 bits per heavy atom. The van der Waals surface area contributed by atoms with Crippen LogP contribution in [-0.4, -0.2) is 6.54 Å². The molecule has 0 aromatic heterocycles. The molecule has 0 unspecified atom stereocenters. The van der Waals surface area contributed by atoms with E-state index < -0.39 is 0 Å². The van der Waals surface area contributed by atoms with Crippen molar-refractivity contribution < 1.29 is 0 Å². The van der Waals surface area contributed by atoms with E-state index >= 15 is 0 Å². The standard InChI is InChI=1S/C13H16Cl3N/c14-11-5-6-12(15)13(16)10(11)8-17-7-1-2-9-3-4-9/h5-6,9,17H,1-4,7-8H2. The molecule has 2 rings (SSSR count). The Kier molecular flexibility index (Phi) is 4.98. The van der Waals surface area contributed by atoms with Crippen molar-refractivity contribution in [2.24, 2.45) is 5.92 Å². The van der Waals surface area contributed by atoms with Crippen LogP contribution in [0.15, 0.2) is 12.1 Å². The van der Waals surface area contributed by atoms with Gasteiger partial charge in [-0.25, -0.2) is 0 Å². The van der Waals surface area contributed by atoms with E-state index in [0.29, 0.717) is 21.6 Å². The van der Waals surface area contributed by atoms with E-state index in [1.54, 1.807) is 12.1 Å². The molecular weight excluding hydrogens is 277 g/mol. The zero-order valence-electron chi connectivity index (χ0n) is 9.61. The van der Waals surface area contributed by atoms with E-state index in [9.17, 15) is 0 Å². The first kappa shape index (κ1) is 13.5. The molecule has 1 aromatic rings. The molecule has 0 aliphatic heterocycles. The quantitative estimate of drug-likeness (QED) is 0.579. The lowest BCUT2D eigenvalue weighted by molar-refractivity contribution is 0.594. The zero-order valence-corrected chi connectivity index (χ0v) is 11.9. The number of benzene rings is 1. The Balaban J connectivity index is 1.78. The second-order valence-corrected chi connectivity index (χ2v) is 5.78. The molecule has 1 saturated carbocycles. The maximum Gasteiger partial charge on any atom is 0.0652 e. The van der Waals surface area contributed by atoms with Crippen molar-refractivity contribution in [2.45, 2.75) is 32.2 Å². The molecule has 1 aliphatic rings. The monoisotopic (exact) mass is 291 g/mol. The summed E-state index contributed by atoms with van der Waals surface area (Å²) in [6.45, 7) is 1.69. The van der Waals surface area contributed by atoms with Crippen molar-refractivity contribution in [3.05, 3.63) is 32.8 Å². The third kappa shape index (κ3) is 4.03. The van der Waals surface area contributed by atoms with Gasteiger partial charge in [0.15, 0.2) is 0 Å². The molecule has 17 heavy (non-hydrogen) atoms. The topological polar surface area (TPSA) is 12.0 Å². The summed E-state index contributed by atoms with van der Waals surface area (Å²) in [5, 5.41) is 5.17. The van der Waals surface area contributed by atoms with E-state index in [0.717, 1.165) is 18.0 Å². The van der Waals surface area contributed by atoms with Gasteiger partial charge in [0.1, 0.15) is 0 Å². The van der Waals surface area contributed by atoms with Crippen molar-refractivity contribution in [1.82, 2.24) is 5.32 Å². The minimum absolute atomic E-state index is 0.561. The first-order valence-electron chi connectivity index (χ1n) is 6.01. The lowest BCUT2D eigenvalue weighted by atomic mass is 10.2. The predicted molar refractivity (Wildman–Crippen MR) is 75.1 cm³/mol. The number of nitrogens with one attached hydrogen (secondary N) is 1. The van der Waals surface area contributed by atoms with Crippen molar-refractivity contribution >= 4 is 34.8 Å². The summed E-state index contributed by atoms with van der Waals surface area (Å²) >= 11 is 18.2. The molecule has 0 bridgehead atoms. The van der Waals surface area contributed by atoms with Gasteiger partial charge in [-0.05, 0) is 37.4 Å². The lowest BCUT2D eigenvalue weighted by Gasteiger charge is -2.09. The first-order valence-corrected chi connectivity index (χ1v) is 7.15. The van der Waals surface area contributed by atoms with Gasteiger partial charge in [0.2, 0.25) is 0 Å². The summed E-state index contributed by atoms with van der Waals surface area (Å²) in [7, 11) is 0. The molecule has 0 heterocycles. The van der Waals surface area contributed by atoms with Gasteiger partial charge in [0.05, 0.1) is 10.0 Å². The summed E-state index contributed by atoms with van der Waals surface area (Å²) in [5.74, 6) is 0.996. The van der Waals surface area contributed by atoms with Crippen LogP contribution in [0.25, 0.3) is 0 Å². The Hall–Kier alpha value is 0.0500. The van der Waals surface area contributed by atoms with Gasteiger partial charge < -0.3 is 5.32 Å². The minimum Gasteiger partial charge on any atom is -0.313 e. The number of rotatable bonds is 6. The highest BCUT2D eigenvalue weighted by atomic mass is 35.5. The zero-order chi connectivity index (χ0) is 12.3. The molecular formula is C13H16Cl3N. The Morgan fingerprint density at radius 2 is 1.82 bits per heavy atom. The van der Waals surface area contributed by atoms with Crippen molar-refractivity contribution in [2.75, 3.05) is 6.54 Å². The van der Waals surface area contributed by atoms with Crippen LogP contribution in [-0.2, 0) is 6.54 Å². The van der Waals surface area contributed by atoms with Gasteiger partial charge in [0, 0.05) is 17.1 Å². The fourth-order valence-electron chi connectivity index (χ4n) is 1.87. The van der Waals surface area contributed by atoms with Crippen LogP contribution in [0.1, 0.15) is 31.2 Å². The van der Waals surface area contributed by atoms with Crippen molar-refractivity contribution in [3.63, 3.8) is 0 Å². The third-order valence-electron chi connectivity index (χ3n) is 3.10. The van der Waals surface area contributed by atoms with Crippen molar-refractivity contribution in [1.29, 1.82) is 0 Å². The van der Waals surface area contributed by atoms with Crippen LogP contribution < -0.4 is 5.32 Å². The summed E-state index contributed by atoms with van der Waals surface area (Å²) in [4.78, 5) is 0. The molecule has 1 N–H and O–H groups in total. The Labute approximate surface area is 117 Å². The molecule has 0 saturated heterocycles. The van der Waals surface area contributed by atoms with E-state index in [1.165, 1.54) is 25.7 Å².